The van der Waals surface area contributed by atoms with Gasteiger partial charge in [0.15, 0.2) is 5.96 Å². The van der Waals surface area contributed by atoms with Gasteiger partial charge >= 0.3 is 0 Å². The van der Waals surface area contributed by atoms with E-state index in [0.717, 1.165) is 5.56 Å². The van der Waals surface area contributed by atoms with Gasteiger partial charge in [0.2, 0.25) is 5.96 Å². The van der Waals surface area contributed by atoms with E-state index in [1.165, 1.54) is 12.1 Å². The van der Waals surface area contributed by atoms with E-state index < -0.39 is 5.82 Å². The summed E-state index contributed by atoms with van der Waals surface area (Å²) >= 11 is 5.55. The van der Waals surface area contributed by atoms with Crippen molar-refractivity contribution in [1.82, 2.24) is 0 Å². The van der Waals surface area contributed by atoms with Gasteiger partial charge in [0.25, 0.3) is 0 Å². The lowest BCUT2D eigenvalue weighted by atomic mass is 10.1. The highest BCUT2D eigenvalue weighted by Gasteiger charge is 2.00. The number of halogens is 3. The number of benzene rings is 1. The van der Waals surface area contributed by atoms with Crippen LogP contribution in [0, 0.1) is 5.82 Å². The summed E-state index contributed by atoms with van der Waals surface area (Å²) in [7, 11) is 0. The Balaban J connectivity index is 0.00000289. The second-order valence-corrected chi connectivity index (χ2v) is 3.68. The van der Waals surface area contributed by atoms with E-state index in [-0.39, 0.29) is 29.3 Å². The molecular formula is C10H14Cl2FN5. The first-order chi connectivity index (χ1) is 7.99. The van der Waals surface area contributed by atoms with Crippen LogP contribution in [0.3, 0.4) is 0 Å². The topological polar surface area (TPSA) is 103 Å². The third-order valence-corrected chi connectivity index (χ3v) is 2.21. The predicted octanol–water partition coefficient (Wildman–Crippen LogP) is 1.03. The van der Waals surface area contributed by atoms with E-state index in [2.05, 4.69) is 9.98 Å². The van der Waals surface area contributed by atoms with Crippen LogP contribution in [0.2, 0.25) is 5.02 Å². The van der Waals surface area contributed by atoms with Gasteiger partial charge in [-0.2, -0.15) is 4.99 Å². The zero-order chi connectivity index (χ0) is 12.8. The molecule has 100 valence electrons. The van der Waals surface area contributed by atoms with Crippen molar-refractivity contribution in [3.05, 3.63) is 34.6 Å². The van der Waals surface area contributed by atoms with Crippen molar-refractivity contribution in [2.45, 2.75) is 6.42 Å². The largest absolute Gasteiger partial charge is 0.370 e. The molecule has 18 heavy (non-hydrogen) atoms. The molecule has 6 N–H and O–H groups in total. The van der Waals surface area contributed by atoms with Crippen LogP contribution in [-0.2, 0) is 6.42 Å². The van der Waals surface area contributed by atoms with Gasteiger partial charge in [-0.25, -0.2) is 4.39 Å². The molecule has 0 heterocycles. The fourth-order valence-electron chi connectivity index (χ4n) is 1.16. The first-order valence-corrected chi connectivity index (χ1v) is 5.20. The lowest BCUT2D eigenvalue weighted by molar-refractivity contribution is 0.626. The number of nitrogens with zero attached hydrogens (tertiary/aromatic N) is 2. The van der Waals surface area contributed by atoms with E-state index in [9.17, 15) is 4.39 Å². The van der Waals surface area contributed by atoms with Gasteiger partial charge in [0.05, 0.1) is 5.02 Å². The second-order valence-electron chi connectivity index (χ2n) is 3.28. The zero-order valence-electron chi connectivity index (χ0n) is 9.44. The lowest BCUT2D eigenvalue weighted by Gasteiger charge is -2.00. The predicted molar refractivity (Wildman–Crippen MR) is 74.7 cm³/mol. The van der Waals surface area contributed by atoms with Crippen LogP contribution in [-0.4, -0.2) is 18.5 Å². The summed E-state index contributed by atoms with van der Waals surface area (Å²) in [6, 6.07) is 4.57. The molecule has 0 atom stereocenters. The van der Waals surface area contributed by atoms with E-state index in [1.807, 2.05) is 0 Å². The van der Waals surface area contributed by atoms with Crippen molar-refractivity contribution >= 4 is 35.9 Å². The average molecular weight is 294 g/mol. The highest BCUT2D eigenvalue weighted by Crippen LogP contribution is 2.15. The molecule has 0 aromatic heterocycles. The van der Waals surface area contributed by atoms with Gasteiger partial charge in [-0.05, 0) is 24.1 Å². The van der Waals surface area contributed by atoms with Gasteiger partial charge in [-0.1, -0.05) is 17.7 Å². The van der Waals surface area contributed by atoms with Crippen molar-refractivity contribution in [2.75, 3.05) is 6.54 Å². The van der Waals surface area contributed by atoms with Crippen molar-refractivity contribution in [3.63, 3.8) is 0 Å². The molecule has 0 aliphatic carbocycles. The Morgan fingerprint density at radius 3 is 2.50 bits per heavy atom. The maximum atomic E-state index is 13.1. The smallest absolute Gasteiger partial charge is 0.218 e. The lowest BCUT2D eigenvalue weighted by Crippen LogP contribution is -2.26. The molecule has 0 saturated heterocycles. The van der Waals surface area contributed by atoms with E-state index in [4.69, 9.17) is 28.8 Å². The van der Waals surface area contributed by atoms with Gasteiger partial charge in [0, 0.05) is 6.54 Å². The van der Waals surface area contributed by atoms with Crippen LogP contribution in [0.5, 0.6) is 0 Å². The first kappa shape index (κ1) is 16.5. The minimum atomic E-state index is -0.453. The standard InChI is InChI=1S/C10H13ClFN5.ClH/c11-7-2-1-6(5-8(7)12)3-4-16-10(15)17-9(13)14;/h1-2,5H,3-4H2,(H6,13,14,15,16,17);1H. The summed E-state index contributed by atoms with van der Waals surface area (Å²) in [6.45, 7) is 0.365. The third-order valence-electron chi connectivity index (χ3n) is 1.90. The van der Waals surface area contributed by atoms with E-state index >= 15 is 0 Å². The van der Waals surface area contributed by atoms with Crippen LogP contribution >= 0.6 is 24.0 Å². The highest BCUT2D eigenvalue weighted by atomic mass is 35.5. The molecule has 0 aliphatic heterocycles. The summed E-state index contributed by atoms with van der Waals surface area (Å²) in [5.74, 6) is -0.603. The second kappa shape index (κ2) is 7.73. The monoisotopic (exact) mass is 293 g/mol. The minimum absolute atomic E-state index is 0. The normalized spacial score (nSPS) is 10.7. The molecule has 5 nitrogen and oxygen atoms in total. The Labute approximate surface area is 115 Å². The molecule has 1 aromatic carbocycles. The number of aliphatic imine (C=N–C) groups is 2. The van der Waals surface area contributed by atoms with Crippen LogP contribution in [0.15, 0.2) is 28.2 Å². The first-order valence-electron chi connectivity index (χ1n) is 4.82. The zero-order valence-corrected chi connectivity index (χ0v) is 11.0. The summed E-state index contributed by atoms with van der Waals surface area (Å²) in [6.07, 6.45) is 0.523. The Hall–Kier alpha value is -1.53. The van der Waals surface area contributed by atoms with Crippen molar-refractivity contribution in [1.29, 1.82) is 0 Å². The SMILES string of the molecule is Cl.NC(N)=NC(N)=NCCc1ccc(Cl)c(F)c1. The quantitative estimate of drug-likeness (QED) is 0.573. The number of hydrogen-bond acceptors (Lipinski definition) is 1. The molecule has 0 aliphatic rings. The van der Waals surface area contributed by atoms with Crippen LogP contribution in [0.4, 0.5) is 4.39 Å². The van der Waals surface area contributed by atoms with Gasteiger partial charge in [-0.3, -0.25) is 4.99 Å². The fraction of sp³-hybridized carbons (Fsp3) is 0.200. The third kappa shape index (κ3) is 5.70. The Morgan fingerprint density at radius 1 is 1.28 bits per heavy atom. The molecule has 8 heteroatoms. The summed E-state index contributed by atoms with van der Waals surface area (Å²) in [5.41, 5.74) is 16.4. The molecule has 0 saturated carbocycles. The maximum absolute atomic E-state index is 13.1. The molecule has 0 spiro atoms. The average Bonchev–Trinajstić information content (AvgIpc) is 2.22. The molecule has 1 aromatic rings. The minimum Gasteiger partial charge on any atom is -0.370 e. The summed E-state index contributed by atoms with van der Waals surface area (Å²) in [5, 5.41) is 0.0947. The molecular weight excluding hydrogens is 280 g/mol. The number of guanidine groups is 2. The molecule has 0 amide bonds. The van der Waals surface area contributed by atoms with Crippen molar-refractivity contribution in [3.8, 4) is 0 Å². The molecule has 0 radical (unpaired) electrons. The molecule has 0 bridgehead atoms. The van der Waals surface area contributed by atoms with Gasteiger partial charge in [-0.15, -0.1) is 12.4 Å². The molecule has 1 rings (SSSR count). The van der Waals surface area contributed by atoms with Crippen LogP contribution in [0.1, 0.15) is 5.56 Å². The van der Waals surface area contributed by atoms with Gasteiger partial charge < -0.3 is 17.2 Å². The molecule has 0 unspecified atom stereocenters. The number of nitrogens with two attached hydrogens (primary N) is 3. The van der Waals surface area contributed by atoms with Crippen molar-refractivity contribution in [2.24, 2.45) is 27.2 Å². The Bertz CT molecular complexity index is 458. The Kier molecular flexibility index (Phi) is 7.07. The summed E-state index contributed by atoms with van der Waals surface area (Å²) in [4.78, 5) is 7.45. The van der Waals surface area contributed by atoms with Gasteiger partial charge in [0.1, 0.15) is 5.82 Å². The van der Waals surface area contributed by atoms with E-state index in [1.54, 1.807) is 6.07 Å². The van der Waals surface area contributed by atoms with Crippen molar-refractivity contribution < 1.29 is 4.39 Å². The number of rotatable bonds is 3. The van der Waals surface area contributed by atoms with Crippen LogP contribution in [0.25, 0.3) is 0 Å². The fourth-order valence-corrected chi connectivity index (χ4v) is 1.28. The molecule has 0 fully saturated rings. The number of hydrogen-bond donors (Lipinski definition) is 3. The Morgan fingerprint density at radius 2 is 1.94 bits per heavy atom. The van der Waals surface area contributed by atoms with E-state index in [0.29, 0.717) is 13.0 Å². The van der Waals surface area contributed by atoms with Crippen LogP contribution < -0.4 is 17.2 Å². The highest BCUT2D eigenvalue weighted by molar-refractivity contribution is 6.30. The summed E-state index contributed by atoms with van der Waals surface area (Å²) < 4.78 is 13.1. The maximum Gasteiger partial charge on any atom is 0.218 e.